The molecule has 0 saturated carbocycles. The number of carboxylic acid groups (broad SMARTS) is 1. The van der Waals surface area contributed by atoms with Gasteiger partial charge in [-0.05, 0) is 73.1 Å². The Hall–Kier alpha value is -3.12. The van der Waals surface area contributed by atoms with E-state index >= 15 is 0 Å². The second-order valence-electron chi connectivity index (χ2n) is 7.95. The van der Waals surface area contributed by atoms with Gasteiger partial charge in [0.05, 0.1) is 4.90 Å². The highest BCUT2D eigenvalue weighted by atomic mass is 32.2. The van der Waals surface area contributed by atoms with Crippen LogP contribution in [0.1, 0.15) is 43.4 Å². The van der Waals surface area contributed by atoms with E-state index in [0.717, 1.165) is 29.7 Å². The van der Waals surface area contributed by atoms with Gasteiger partial charge in [0.15, 0.2) is 16.4 Å². The number of benzene rings is 3. The van der Waals surface area contributed by atoms with Crippen molar-refractivity contribution in [3.05, 3.63) is 83.4 Å². The molecule has 0 atom stereocenters. The third kappa shape index (κ3) is 8.03. The fourth-order valence-corrected chi connectivity index (χ4v) is 4.37. The van der Waals surface area contributed by atoms with E-state index in [0.29, 0.717) is 4.90 Å². The van der Waals surface area contributed by atoms with Gasteiger partial charge in [-0.15, -0.1) is 0 Å². The number of carbonyl (C=O) groups is 1. The first-order valence-electron chi connectivity index (χ1n) is 11.6. The molecular weight excluding hydrogens is 448 g/mol. The van der Waals surface area contributed by atoms with Crippen LogP contribution in [0, 0.1) is 6.92 Å². The Morgan fingerprint density at radius 3 is 2.18 bits per heavy atom. The van der Waals surface area contributed by atoms with E-state index in [1.54, 1.807) is 12.1 Å². The van der Waals surface area contributed by atoms with Crippen molar-refractivity contribution in [2.24, 2.45) is 0 Å². The van der Waals surface area contributed by atoms with Crippen molar-refractivity contribution in [1.29, 1.82) is 0 Å². The molecule has 0 fully saturated rings. The topological polar surface area (TPSA) is 80.7 Å². The first-order valence-corrected chi connectivity index (χ1v) is 13.5. The lowest BCUT2D eigenvalue weighted by Gasteiger charge is -2.18. The number of hydrogen-bond donors (Lipinski definition) is 1. The van der Waals surface area contributed by atoms with Crippen molar-refractivity contribution in [1.82, 2.24) is 0 Å². The molecule has 0 amide bonds. The minimum atomic E-state index is -3.11. The summed E-state index contributed by atoms with van der Waals surface area (Å²) >= 11 is 0. The Morgan fingerprint density at radius 1 is 0.912 bits per heavy atom. The van der Waals surface area contributed by atoms with Crippen LogP contribution >= 0.6 is 0 Å². The first-order chi connectivity index (χ1) is 16.2. The highest BCUT2D eigenvalue weighted by molar-refractivity contribution is 7.90. The zero-order valence-corrected chi connectivity index (χ0v) is 21.2. The summed E-state index contributed by atoms with van der Waals surface area (Å²) in [6.45, 7) is 5.78. The van der Waals surface area contributed by atoms with Crippen LogP contribution < -0.4 is 4.74 Å². The van der Waals surface area contributed by atoms with Gasteiger partial charge in [0.2, 0.25) is 0 Å². The van der Waals surface area contributed by atoms with Crippen LogP contribution in [0.25, 0.3) is 11.1 Å². The molecule has 6 heteroatoms. The molecule has 0 aliphatic heterocycles. The van der Waals surface area contributed by atoms with Gasteiger partial charge in [0, 0.05) is 6.26 Å². The maximum atomic E-state index is 11.3. The van der Waals surface area contributed by atoms with E-state index in [9.17, 15) is 13.2 Å². The van der Waals surface area contributed by atoms with Crippen molar-refractivity contribution < 1.29 is 23.1 Å². The number of aliphatic carboxylic acids is 1. The Kier molecular flexibility index (Phi) is 10.3. The molecule has 0 heterocycles. The molecule has 1 aliphatic rings. The molecule has 3 aromatic rings. The number of aryl methyl sites for hydroxylation is 2. The summed E-state index contributed by atoms with van der Waals surface area (Å²) in [7, 11) is -3.11. The summed E-state index contributed by atoms with van der Waals surface area (Å²) in [6, 6.07) is 21.0. The van der Waals surface area contributed by atoms with E-state index < -0.39 is 15.8 Å². The number of rotatable bonds is 5. The van der Waals surface area contributed by atoms with Gasteiger partial charge in [-0.1, -0.05) is 67.9 Å². The molecule has 0 radical (unpaired) electrons. The molecule has 1 N–H and O–H groups in total. The van der Waals surface area contributed by atoms with Crippen molar-refractivity contribution >= 4 is 15.8 Å². The summed E-state index contributed by atoms with van der Waals surface area (Å²) in [5.74, 6) is -0.182. The molecular formula is C28H34O5S. The minimum absolute atomic E-state index is 0.254. The summed E-state index contributed by atoms with van der Waals surface area (Å²) in [6.07, 6.45) is 5.69. The lowest BCUT2D eigenvalue weighted by molar-refractivity contribution is -0.139. The molecule has 182 valence electrons. The number of carboxylic acids is 1. The van der Waals surface area contributed by atoms with Crippen LogP contribution in [0.5, 0.6) is 5.75 Å². The fourth-order valence-electron chi connectivity index (χ4n) is 3.74. The Labute approximate surface area is 203 Å². The minimum Gasteiger partial charge on any atom is -0.482 e. The fraction of sp³-hybridized carbons (Fsp3) is 0.321. The van der Waals surface area contributed by atoms with Crippen molar-refractivity contribution in [2.45, 2.75) is 51.3 Å². The van der Waals surface area contributed by atoms with E-state index in [2.05, 4.69) is 12.1 Å². The lowest BCUT2D eigenvalue weighted by atomic mass is 9.91. The molecule has 0 aromatic heterocycles. The number of ether oxygens (including phenoxy) is 1. The SMILES string of the molecule is CC.Cc1cccc(-c2ccc(S(C)(=O)=O)cc2)c1.O=C(O)COc1cccc2c1CCCC2. The van der Waals surface area contributed by atoms with Crippen molar-refractivity contribution in [3.8, 4) is 16.9 Å². The highest BCUT2D eigenvalue weighted by Gasteiger charge is 2.14. The van der Waals surface area contributed by atoms with Gasteiger partial charge in [-0.25, -0.2) is 13.2 Å². The molecule has 34 heavy (non-hydrogen) atoms. The van der Waals surface area contributed by atoms with E-state index in [4.69, 9.17) is 9.84 Å². The van der Waals surface area contributed by atoms with Crippen molar-refractivity contribution in [2.75, 3.05) is 12.9 Å². The third-order valence-corrected chi connectivity index (χ3v) is 6.47. The molecule has 1 aliphatic carbocycles. The van der Waals surface area contributed by atoms with Crippen LogP contribution in [0.3, 0.4) is 0 Å². The Balaban J connectivity index is 0.000000225. The highest BCUT2D eigenvalue weighted by Crippen LogP contribution is 2.29. The number of sulfone groups is 1. The van der Waals surface area contributed by atoms with Crippen LogP contribution in [0.2, 0.25) is 0 Å². The Morgan fingerprint density at radius 2 is 1.56 bits per heavy atom. The van der Waals surface area contributed by atoms with Crippen molar-refractivity contribution in [3.63, 3.8) is 0 Å². The number of fused-ring (bicyclic) bond motifs is 1. The zero-order chi connectivity index (χ0) is 25.1. The molecule has 0 bridgehead atoms. The predicted molar refractivity (Wildman–Crippen MR) is 137 cm³/mol. The zero-order valence-electron chi connectivity index (χ0n) is 20.4. The summed E-state index contributed by atoms with van der Waals surface area (Å²) in [5.41, 5.74) is 5.83. The smallest absolute Gasteiger partial charge is 0.341 e. The van der Waals surface area contributed by atoms with Gasteiger partial charge in [-0.3, -0.25) is 0 Å². The average molecular weight is 483 g/mol. The van der Waals surface area contributed by atoms with E-state index in [-0.39, 0.29) is 6.61 Å². The van der Waals surface area contributed by atoms with Gasteiger partial charge in [-0.2, -0.15) is 0 Å². The Bertz CT molecular complexity index is 1180. The summed E-state index contributed by atoms with van der Waals surface area (Å²) in [5, 5.41) is 8.55. The van der Waals surface area contributed by atoms with Gasteiger partial charge in [0.25, 0.3) is 0 Å². The largest absolute Gasteiger partial charge is 0.482 e. The quantitative estimate of drug-likeness (QED) is 0.474. The van der Waals surface area contributed by atoms with Crippen LogP contribution in [0.15, 0.2) is 71.6 Å². The normalized spacial score (nSPS) is 12.2. The second-order valence-corrected chi connectivity index (χ2v) is 9.97. The summed E-state index contributed by atoms with van der Waals surface area (Å²) in [4.78, 5) is 10.8. The first kappa shape index (κ1) is 27.1. The van der Waals surface area contributed by atoms with Gasteiger partial charge in [0.1, 0.15) is 5.75 Å². The van der Waals surface area contributed by atoms with Crippen LogP contribution in [0.4, 0.5) is 0 Å². The van der Waals surface area contributed by atoms with E-state index in [1.807, 2.05) is 63.2 Å². The van der Waals surface area contributed by atoms with Crippen LogP contribution in [-0.4, -0.2) is 32.4 Å². The monoisotopic (exact) mass is 482 g/mol. The molecule has 4 rings (SSSR count). The maximum Gasteiger partial charge on any atom is 0.341 e. The average Bonchev–Trinajstić information content (AvgIpc) is 2.84. The van der Waals surface area contributed by atoms with E-state index in [1.165, 1.54) is 35.8 Å². The maximum absolute atomic E-state index is 11.3. The predicted octanol–water partition coefficient (Wildman–Crippen LogP) is 6.12. The van der Waals surface area contributed by atoms with Crippen LogP contribution in [-0.2, 0) is 27.5 Å². The molecule has 0 saturated heterocycles. The molecule has 0 unspecified atom stereocenters. The lowest BCUT2D eigenvalue weighted by Crippen LogP contribution is -2.12. The molecule has 3 aromatic carbocycles. The van der Waals surface area contributed by atoms with Gasteiger partial charge >= 0.3 is 5.97 Å². The standard InChI is InChI=1S/C14H14O2S.C12H14O3.C2H6/c1-11-4-3-5-13(10-11)12-6-8-14(9-7-12)17(2,15)16;13-12(14)8-15-11-7-3-5-9-4-1-2-6-10(9)11;1-2/h3-10H,1-2H3;3,5,7H,1-2,4,6,8H2,(H,13,14);1-2H3. The molecule has 0 spiro atoms. The second kappa shape index (κ2) is 12.9. The van der Waals surface area contributed by atoms with Gasteiger partial charge < -0.3 is 9.84 Å². The third-order valence-electron chi connectivity index (χ3n) is 5.34. The molecule has 5 nitrogen and oxygen atoms in total. The summed E-state index contributed by atoms with van der Waals surface area (Å²) < 4.78 is 27.9. The number of hydrogen-bond acceptors (Lipinski definition) is 4.